The fourth-order valence-corrected chi connectivity index (χ4v) is 6.81. The number of hydrogen-bond acceptors (Lipinski definition) is 0. The third-order valence-electron chi connectivity index (χ3n) is 8.52. The molecule has 7 aromatic rings. The zero-order valence-corrected chi connectivity index (χ0v) is 22.0. The standard InChI is InChI=1S/C39H28/c1-25-19-22-34-35(23-25)39(33-18-10-9-17-32(33)37(34)27-12-3-2-4-13-27)36-24-28-21-20-26-11-5-6-14-29(26)38(28)31-16-8-7-15-30(31)36/h2-18,20-25H,19H2,1H3. The van der Waals surface area contributed by atoms with Crippen LogP contribution < -0.4 is 10.4 Å². The van der Waals surface area contributed by atoms with Gasteiger partial charge in [-0.3, -0.25) is 0 Å². The van der Waals surface area contributed by atoms with Crippen molar-refractivity contribution in [3.8, 4) is 22.3 Å². The van der Waals surface area contributed by atoms with E-state index >= 15 is 0 Å². The summed E-state index contributed by atoms with van der Waals surface area (Å²) in [5.41, 5.74) is 5.31. The highest BCUT2D eigenvalue weighted by molar-refractivity contribution is 6.24. The zero-order chi connectivity index (χ0) is 25.9. The largest absolute Gasteiger partial charge is 0.0754 e. The average Bonchev–Trinajstić information content (AvgIpc) is 2.99. The molecular formula is C39H28. The topological polar surface area (TPSA) is 0 Å². The summed E-state index contributed by atoms with van der Waals surface area (Å²) >= 11 is 0. The van der Waals surface area contributed by atoms with Crippen LogP contribution >= 0.6 is 0 Å². The summed E-state index contributed by atoms with van der Waals surface area (Å²) in [6.45, 7) is 2.34. The highest BCUT2D eigenvalue weighted by Crippen LogP contribution is 2.40. The van der Waals surface area contributed by atoms with Gasteiger partial charge in [-0.2, -0.15) is 0 Å². The van der Waals surface area contributed by atoms with E-state index in [1.54, 1.807) is 0 Å². The molecule has 0 N–H and O–H groups in total. The lowest BCUT2D eigenvalue weighted by Gasteiger charge is -2.21. The zero-order valence-electron chi connectivity index (χ0n) is 22.0. The Morgan fingerprint density at radius 3 is 1.92 bits per heavy atom. The van der Waals surface area contributed by atoms with Crippen molar-refractivity contribution in [1.82, 2.24) is 0 Å². The lowest BCUT2D eigenvalue weighted by atomic mass is 9.82. The molecule has 0 radical (unpaired) electrons. The minimum atomic E-state index is 0.497. The van der Waals surface area contributed by atoms with Crippen LogP contribution in [0.1, 0.15) is 13.3 Å². The smallest absolute Gasteiger partial charge is 0.00231 e. The molecule has 1 atom stereocenters. The monoisotopic (exact) mass is 496 g/mol. The van der Waals surface area contributed by atoms with Crippen LogP contribution in [0.4, 0.5) is 0 Å². The molecule has 0 bridgehead atoms. The quantitative estimate of drug-likeness (QED) is 0.209. The second-order valence-electron chi connectivity index (χ2n) is 10.9. The SMILES string of the molecule is CC1C=c2c(-c3cc4ccc5ccccc5c4c4ccccc34)c3ccccc3c(-c3ccccc3)c2=CC1. The van der Waals surface area contributed by atoms with Crippen LogP contribution in [0, 0.1) is 5.92 Å². The van der Waals surface area contributed by atoms with Crippen LogP contribution in [0.2, 0.25) is 0 Å². The summed E-state index contributed by atoms with van der Waals surface area (Å²) in [5, 5.41) is 13.3. The Kier molecular flexibility index (Phi) is 4.97. The molecule has 0 heterocycles. The first kappa shape index (κ1) is 22.3. The van der Waals surface area contributed by atoms with Crippen LogP contribution in [0.5, 0.6) is 0 Å². The molecule has 0 spiro atoms. The third-order valence-corrected chi connectivity index (χ3v) is 8.52. The van der Waals surface area contributed by atoms with E-state index in [2.05, 4.69) is 140 Å². The summed E-state index contributed by atoms with van der Waals surface area (Å²) in [6.07, 6.45) is 6.06. The molecule has 0 saturated heterocycles. The molecule has 0 saturated carbocycles. The fourth-order valence-electron chi connectivity index (χ4n) is 6.81. The molecule has 0 amide bonds. The molecule has 8 rings (SSSR count). The van der Waals surface area contributed by atoms with Crippen LogP contribution in [0.15, 0.2) is 121 Å². The molecule has 7 aromatic carbocycles. The van der Waals surface area contributed by atoms with Gasteiger partial charge in [0.15, 0.2) is 0 Å². The van der Waals surface area contributed by atoms with E-state index in [0.29, 0.717) is 5.92 Å². The normalized spacial score (nSPS) is 14.8. The van der Waals surface area contributed by atoms with Gasteiger partial charge in [0, 0.05) is 0 Å². The lowest BCUT2D eigenvalue weighted by molar-refractivity contribution is 0.801. The van der Waals surface area contributed by atoms with Crippen molar-refractivity contribution in [2.45, 2.75) is 13.3 Å². The van der Waals surface area contributed by atoms with Gasteiger partial charge in [0.05, 0.1) is 0 Å². The Morgan fingerprint density at radius 2 is 1.13 bits per heavy atom. The lowest BCUT2D eigenvalue weighted by Crippen LogP contribution is -2.33. The van der Waals surface area contributed by atoms with E-state index in [-0.39, 0.29) is 0 Å². The molecule has 0 heteroatoms. The molecular weight excluding hydrogens is 468 g/mol. The average molecular weight is 497 g/mol. The predicted octanol–water partition coefficient (Wildman–Crippen LogP) is 9.23. The van der Waals surface area contributed by atoms with Gasteiger partial charge in [-0.1, -0.05) is 134 Å². The van der Waals surface area contributed by atoms with E-state index in [0.717, 1.165) is 6.42 Å². The molecule has 39 heavy (non-hydrogen) atoms. The van der Waals surface area contributed by atoms with E-state index in [1.807, 2.05) is 0 Å². The van der Waals surface area contributed by atoms with Gasteiger partial charge in [-0.15, -0.1) is 0 Å². The summed E-state index contributed by atoms with van der Waals surface area (Å²) in [7, 11) is 0. The molecule has 1 unspecified atom stereocenters. The van der Waals surface area contributed by atoms with Crippen molar-refractivity contribution in [1.29, 1.82) is 0 Å². The Balaban J connectivity index is 1.60. The summed E-state index contributed by atoms with van der Waals surface area (Å²) in [6, 6.07) is 44.7. The molecule has 0 nitrogen and oxygen atoms in total. The summed E-state index contributed by atoms with van der Waals surface area (Å²) < 4.78 is 0. The van der Waals surface area contributed by atoms with Gasteiger partial charge in [0.25, 0.3) is 0 Å². The molecule has 1 aliphatic rings. The Hall–Kier alpha value is -4.68. The van der Waals surface area contributed by atoms with Gasteiger partial charge in [-0.05, 0) is 94.2 Å². The van der Waals surface area contributed by atoms with Gasteiger partial charge >= 0.3 is 0 Å². The molecule has 1 aliphatic carbocycles. The van der Waals surface area contributed by atoms with E-state index < -0.39 is 0 Å². The van der Waals surface area contributed by atoms with Crippen molar-refractivity contribution in [2.75, 3.05) is 0 Å². The first-order valence-corrected chi connectivity index (χ1v) is 13.9. The van der Waals surface area contributed by atoms with Crippen LogP contribution in [0.25, 0.3) is 77.5 Å². The second-order valence-corrected chi connectivity index (χ2v) is 10.9. The van der Waals surface area contributed by atoms with Crippen molar-refractivity contribution < 1.29 is 0 Å². The van der Waals surface area contributed by atoms with Crippen LogP contribution in [-0.2, 0) is 0 Å². The predicted molar refractivity (Wildman–Crippen MR) is 169 cm³/mol. The van der Waals surface area contributed by atoms with Crippen molar-refractivity contribution in [3.63, 3.8) is 0 Å². The summed E-state index contributed by atoms with van der Waals surface area (Å²) in [5.74, 6) is 0.497. The van der Waals surface area contributed by atoms with E-state index in [1.165, 1.54) is 75.8 Å². The highest BCUT2D eigenvalue weighted by Gasteiger charge is 2.19. The molecule has 0 fully saturated rings. The Morgan fingerprint density at radius 1 is 0.513 bits per heavy atom. The third kappa shape index (κ3) is 3.38. The van der Waals surface area contributed by atoms with Crippen molar-refractivity contribution in [3.05, 3.63) is 132 Å². The Labute approximate surface area is 228 Å². The maximum absolute atomic E-state index is 2.52. The molecule has 184 valence electrons. The van der Waals surface area contributed by atoms with Gasteiger partial charge in [0.1, 0.15) is 0 Å². The number of fused-ring (bicyclic) bond motifs is 7. The van der Waals surface area contributed by atoms with Crippen molar-refractivity contribution in [2.24, 2.45) is 5.92 Å². The minimum absolute atomic E-state index is 0.497. The highest BCUT2D eigenvalue weighted by atomic mass is 14.2. The van der Waals surface area contributed by atoms with Gasteiger partial charge in [-0.25, -0.2) is 0 Å². The van der Waals surface area contributed by atoms with Crippen molar-refractivity contribution >= 4 is 55.2 Å². The van der Waals surface area contributed by atoms with Crippen LogP contribution in [-0.4, -0.2) is 0 Å². The summed E-state index contributed by atoms with van der Waals surface area (Å²) in [4.78, 5) is 0. The number of benzene rings is 7. The molecule has 0 aromatic heterocycles. The molecule has 0 aliphatic heterocycles. The Bertz CT molecular complexity index is 2200. The number of rotatable bonds is 2. The second kappa shape index (κ2) is 8.68. The maximum Gasteiger partial charge on any atom is -0.00231 e. The van der Waals surface area contributed by atoms with E-state index in [9.17, 15) is 0 Å². The van der Waals surface area contributed by atoms with Gasteiger partial charge in [0.2, 0.25) is 0 Å². The first-order chi connectivity index (χ1) is 19.3. The van der Waals surface area contributed by atoms with Crippen LogP contribution in [0.3, 0.4) is 0 Å². The number of hydrogen-bond donors (Lipinski definition) is 0. The fraction of sp³-hybridized carbons (Fsp3) is 0.0769. The van der Waals surface area contributed by atoms with Gasteiger partial charge < -0.3 is 0 Å². The maximum atomic E-state index is 2.52. The minimum Gasteiger partial charge on any atom is -0.0754 e. The van der Waals surface area contributed by atoms with E-state index in [4.69, 9.17) is 0 Å². The first-order valence-electron chi connectivity index (χ1n) is 13.9.